The van der Waals surface area contributed by atoms with Gasteiger partial charge in [0.2, 0.25) is 5.88 Å². The van der Waals surface area contributed by atoms with Gasteiger partial charge in [0.15, 0.2) is 5.65 Å². The van der Waals surface area contributed by atoms with Crippen LogP contribution in [-0.2, 0) is 11.1 Å². The van der Waals surface area contributed by atoms with Crippen LogP contribution in [0.15, 0.2) is 42.7 Å². The SMILES string of the molecule is O=P(O)(O)c1ccc(Cn2cnc3ccc(O)nc32)cc1. The molecule has 3 rings (SSSR count). The Morgan fingerprint density at radius 1 is 1.10 bits per heavy atom. The molecule has 0 saturated carbocycles. The second-order valence-electron chi connectivity index (χ2n) is 4.60. The van der Waals surface area contributed by atoms with Crippen LogP contribution >= 0.6 is 7.60 Å². The lowest BCUT2D eigenvalue weighted by atomic mass is 10.2. The number of imidazole rings is 1. The Hall–Kier alpha value is -2.21. The van der Waals surface area contributed by atoms with Gasteiger partial charge in [0.25, 0.3) is 0 Å². The van der Waals surface area contributed by atoms with E-state index in [9.17, 15) is 9.67 Å². The monoisotopic (exact) mass is 305 g/mol. The molecule has 0 saturated heterocycles. The Balaban J connectivity index is 1.92. The van der Waals surface area contributed by atoms with Crippen LogP contribution in [0.1, 0.15) is 5.56 Å². The topological polar surface area (TPSA) is 108 Å². The van der Waals surface area contributed by atoms with Crippen molar-refractivity contribution in [2.75, 3.05) is 0 Å². The standard InChI is InChI=1S/C13H12N3O4P/c17-12-6-5-11-13(15-12)16(8-14-11)7-9-1-3-10(4-2-9)21(18,19)20/h1-6,8H,7H2,(H,15,17)(H2,18,19,20). The first-order valence-corrected chi connectivity index (χ1v) is 7.70. The van der Waals surface area contributed by atoms with Crippen molar-refractivity contribution in [2.24, 2.45) is 0 Å². The van der Waals surface area contributed by atoms with Gasteiger partial charge in [0.1, 0.15) is 5.52 Å². The Morgan fingerprint density at radius 3 is 2.48 bits per heavy atom. The number of benzene rings is 1. The summed E-state index contributed by atoms with van der Waals surface area (Å²) in [6.07, 6.45) is 1.61. The highest BCUT2D eigenvalue weighted by Gasteiger charge is 2.16. The molecule has 7 nitrogen and oxygen atoms in total. The van der Waals surface area contributed by atoms with Crippen molar-refractivity contribution >= 4 is 24.1 Å². The molecule has 0 aliphatic heterocycles. The van der Waals surface area contributed by atoms with Gasteiger partial charge >= 0.3 is 7.60 Å². The summed E-state index contributed by atoms with van der Waals surface area (Å²) in [4.78, 5) is 26.3. The molecule has 0 fully saturated rings. The van der Waals surface area contributed by atoms with E-state index in [1.165, 1.54) is 18.2 Å². The molecule has 3 aromatic rings. The van der Waals surface area contributed by atoms with Crippen LogP contribution < -0.4 is 5.30 Å². The van der Waals surface area contributed by atoms with Crippen molar-refractivity contribution in [3.05, 3.63) is 48.3 Å². The average Bonchev–Trinajstić information content (AvgIpc) is 2.81. The van der Waals surface area contributed by atoms with Crippen LogP contribution in [0.4, 0.5) is 0 Å². The molecule has 0 amide bonds. The number of aromatic nitrogens is 3. The lowest BCUT2D eigenvalue weighted by Gasteiger charge is -2.07. The van der Waals surface area contributed by atoms with Crippen LogP contribution in [0.2, 0.25) is 0 Å². The van der Waals surface area contributed by atoms with Crippen molar-refractivity contribution < 1.29 is 19.5 Å². The third-order valence-corrected chi connectivity index (χ3v) is 4.04. The summed E-state index contributed by atoms with van der Waals surface area (Å²) in [6, 6.07) is 9.23. The van der Waals surface area contributed by atoms with Gasteiger partial charge in [-0.2, -0.15) is 4.98 Å². The Morgan fingerprint density at radius 2 is 1.81 bits per heavy atom. The zero-order valence-electron chi connectivity index (χ0n) is 10.8. The molecule has 8 heteroatoms. The molecule has 0 spiro atoms. The Bertz CT molecular complexity index is 838. The summed E-state index contributed by atoms with van der Waals surface area (Å²) >= 11 is 0. The number of fused-ring (bicyclic) bond motifs is 1. The lowest BCUT2D eigenvalue weighted by Crippen LogP contribution is -2.05. The van der Waals surface area contributed by atoms with Gasteiger partial charge in [-0.15, -0.1) is 0 Å². The largest absolute Gasteiger partial charge is 0.493 e. The number of hydrogen-bond donors (Lipinski definition) is 3. The smallest absolute Gasteiger partial charge is 0.356 e. The molecule has 1 aromatic carbocycles. The Labute approximate surface area is 119 Å². The van der Waals surface area contributed by atoms with E-state index in [1.807, 2.05) is 0 Å². The highest BCUT2D eigenvalue weighted by atomic mass is 31.2. The summed E-state index contributed by atoms with van der Waals surface area (Å²) in [7, 11) is -4.22. The van der Waals surface area contributed by atoms with Crippen LogP contribution in [-0.4, -0.2) is 29.4 Å². The first-order valence-electron chi connectivity index (χ1n) is 6.09. The summed E-state index contributed by atoms with van der Waals surface area (Å²) in [5.74, 6) is -0.0823. The normalized spacial score (nSPS) is 11.9. The fourth-order valence-electron chi connectivity index (χ4n) is 2.04. The van der Waals surface area contributed by atoms with E-state index >= 15 is 0 Å². The van der Waals surface area contributed by atoms with Gasteiger partial charge in [-0.05, 0) is 23.8 Å². The molecular weight excluding hydrogens is 293 g/mol. The summed E-state index contributed by atoms with van der Waals surface area (Å²) in [5.41, 5.74) is 2.06. The molecule has 0 aliphatic rings. The zero-order chi connectivity index (χ0) is 15.0. The van der Waals surface area contributed by atoms with Crippen molar-refractivity contribution in [2.45, 2.75) is 6.54 Å². The molecule has 108 valence electrons. The van der Waals surface area contributed by atoms with E-state index < -0.39 is 7.60 Å². The maximum absolute atomic E-state index is 11.1. The van der Waals surface area contributed by atoms with E-state index in [1.54, 1.807) is 29.1 Å². The number of nitrogens with zero attached hydrogens (tertiary/aromatic N) is 3. The minimum Gasteiger partial charge on any atom is -0.493 e. The highest BCUT2D eigenvalue weighted by Crippen LogP contribution is 2.32. The van der Waals surface area contributed by atoms with Crippen molar-refractivity contribution in [3.63, 3.8) is 0 Å². The fraction of sp³-hybridized carbons (Fsp3) is 0.0769. The minimum absolute atomic E-state index is 0.0162. The first kappa shape index (κ1) is 13.8. The number of rotatable bonds is 3. The van der Waals surface area contributed by atoms with Crippen molar-refractivity contribution in [3.8, 4) is 5.88 Å². The van der Waals surface area contributed by atoms with Gasteiger partial charge in [-0.1, -0.05) is 12.1 Å². The van der Waals surface area contributed by atoms with E-state index in [4.69, 9.17) is 9.79 Å². The van der Waals surface area contributed by atoms with E-state index in [2.05, 4.69) is 9.97 Å². The summed E-state index contributed by atoms with van der Waals surface area (Å²) in [6.45, 7) is 0.439. The maximum Gasteiger partial charge on any atom is 0.356 e. The van der Waals surface area contributed by atoms with Crippen LogP contribution in [0.3, 0.4) is 0 Å². The predicted octanol–water partition coefficient (Wildman–Crippen LogP) is 0.988. The Kier molecular flexibility index (Phi) is 3.25. The minimum atomic E-state index is -4.22. The predicted molar refractivity (Wildman–Crippen MR) is 76.4 cm³/mol. The number of aromatic hydroxyl groups is 1. The molecule has 0 bridgehead atoms. The second-order valence-corrected chi connectivity index (χ2v) is 6.20. The zero-order valence-corrected chi connectivity index (χ0v) is 11.7. The van der Waals surface area contributed by atoms with E-state index in [0.29, 0.717) is 17.7 Å². The van der Waals surface area contributed by atoms with E-state index in [-0.39, 0.29) is 11.2 Å². The summed E-state index contributed by atoms with van der Waals surface area (Å²) < 4.78 is 12.9. The third kappa shape index (κ3) is 2.80. The quantitative estimate of drug-likeness (QED) is 0.623. The molecule has 0 atom stereocenters. The van der Waals surface area contributed by atoms with Crippen LogP contribution in [0, 0.1) is 0 Å². The molecule has 0 radical (unpaired) electrons. The van der Waals surface area contributed by atoms with Gasteiger partial charge < -0.3 is 19.5 Å². The average molecular weight is 305 g/mol. The van der Waals surface area contributed by atoms with Gasteiger partial charge in [0, 0.05) is 6.07 Å². The molecule has 0 unspecified atom stereocenters. The van der Waals surface area contributed by atoms with Gasteiger partial charge in [-0.3, -0.25) is 4.57 Å². The fourth-order valence-corrected chi connectivity index (χ4v) is 2.58. The first-order chi connectivity index (χ1) is 9.93. The highest BCUT2D eigenvalue weighted by molar-refractivity contribution is 7.60. The molecule has 21 heavy (non-hydrogen) atoms. The second kappa shape index (κ2) is 4.96. The van der Waals surface area contributed by atoms with Crippen molar-refractivity contribution in [1.29, 1.82) is 0 Å². The van der Waals surface area contributed by atoms with Gasteiger partial charge in [-0.25, -0.2) is 4.98 Å². The van der Waals surface area contributed by atoms with Crippen LogP contribution in [0.5, 0.6) is 5.88 Å². The van der Waals surface area contributed by atoms with E-state index in [0.717, 1.165) is 5.56 Å². The molecular formula is C13H12N3O4P. The molecule has 2 aromatic heterocycles. The number of pyridine rings is 1. The molecule has 2 heterocycles. The number of hydrogen-bond acceptors (Lipinski definition) is 4. The molecule has 0 aliphatic carbocycles. The van der Waals surface area contributed by atoms with Crippen molar-refractivity contribution in [1.82, 2.24) is 14.5 Å². The molecule has 3 N–H and O–H groups in total. The maximum atomic E-state index is 11.1. The van der Waals surface area contributed by atoms with Gasteiger partial charge in [0.05, 0.1) is 18.2 Å². The lowest BCUT2D eigenvalue weighted by molar-refractivity contribution is 0.387. The van der Waals surface area contributed by atoms with Crippen LogP contribution in [0.25, 0.3) is 11.2 Å². The third-order valence-electron chi connectivity index (χ3n) is 3.07. The summed E-state index contributed by atoms with van der Waals surface area (Å²) in [5, 5.41) is 9.41.